The fourth-order valence-electron chi connectivity index (χ4n) is 13.2. The Balaban J connectivity index is 1.37. The van der Waals surface area contributed by atoms with Crippen LogP contribution in [0.2, 0.25) is 0 Å². The lowest BCUT2D eigenvalue weighted by atomic mass is 9.65. The first kappa shape index (κ1) is 63.6. The van der Waals surface area contributed by atoms with Gasteiger partial charge >= 0.3 is 5.97 Å². The highest BCUT2D eigenvalue weighted by Crippen LogP contribution is 2.49. The van der Waals surface area contributed by atoms with Gasteiger partial charge in [-0.15, -0.1) is 5.10 Å². The van der Waals surface area contributed by atoms with Gasteiger partial charge in [0.1, 0.15) is 30.6 Å². The van der Waals surface area contributed by atoms with Gasteiger partial charge in [0.05, 0.1) is 52.6 Å². The predicted molar refractivity (Wildman–Crippen MR) is 293 cm³/mol. The number of methoxy groups -OCH3 is 1. The van der Waals surface area contributed by atoms with E-state index in [0.717, 1.165) is 17.4 Å². The van der Waals surface area contributed by atoms with Crippen LogP contribution in [0.3, 0.4) is 0 Å². The zero-order chi connectivity index (χ0) is 57.8. The number of fused-ring (bicyclic) bond motifs is 5. The number of rotatable bonds is 15. The molecule has 1 saturated carbocycles. The molecule has 440 valence electrons. The number of hydrogen-bond acceptors (Lipinski definition) is 16. The van der Waals surface area contributed by atoms with Gasteiger partial charge in [-0.25, -0.2) is 22.5 Å². The summed E-state index contributed by atoms with van der Waals surface area (Å²) in [6.45, 7) is 24.7. The number of aliphatic hydroxyl groups is 3. The molecule has 19 atom stereocenters. The molecule has 18 nitrogen and oxygen atoms in total. The van der Waals surface area contributed by atoms with Gasteiger partial charge in [0.15, 0.2) is 22.4 Å². The highest BCUT2D eigenvalue weighted by atomic mass is 32.2. The molecule has 0 radical (unpaired) electrons. The number of nitrogens with zero attached hydrogens (tertiary/aromatic N) is 5. The molecule has 0 spiro atoms. The number of benzene rings is 1. The highest BCUT2D eigenvalue weighted by Gasteiger charge is 2.54. The number of sulfone groups is 1. The van der Waals surface area contributed by atoms with Crippen LogP contribution in [-0.4, -0.2) is 167 Å². The minimum Gasteiger partial charge on any atom is -0.459 e. The topological polar surface area (TPSA) is 231 Å². The number of ether oxygens (including phenoxy) is 6. The van der Waals surface area contributed by atoms with E-state index < -0.39 is 124 Å². The number of halogens is 1. The van der Waals surface area contributed by atoms with E-state index in [1.165, 1.54) is 30.8 Å². The highest BCUT2D eigenvalue weighted by molar-refractivity contribution is 7.90. The molecule has 1 amide bonds. The minimum atomic E-state index is -3.38. The van der Waals surface area contributed by atoms with Gasteiger partial charge in [0.2, 0.25) is 5.91 Å². The number of carbonyl (C=O) groups is 2. The number of amides is 1. The third-order valence-electron chi connectivity index (χ3n) is 18.0. The second-order valence-electron chi connectivity index (χ2n) is 24.3. The van der Waals surface area contributed by atoms with Crippen LogP contribution in [0.25, 0.3) is 0 Å². The Morgan fingerprint density at radius 1 is 1.04 bits per heavy atom. The SMILES string of the molecule is C=C1CC[C@@H]2[C@@H](C)/C(=N/C(C)=O)[C@H](C)C[C@@](C)(CC1)[C@H](O[C@@H]1O[C@H](C)C[C@H](N(C)CCc3cn([C@H](CF)Cc4ccc(S(C)(=O)=O)cc4)nn3)[C@H]1O)[C@@H](C)[C@H](O[C@H]1C[C@@](C)(OC)[C@@H](O)[C@H](C)O1)[C@@H](C)C(=O)O[C@H](CC)[C@@]2(C)O. The first-order valence-corrected chi connectivity index (χ1v) is 30.0. The maximum absolute atomic E-state index is 14.9. The second kappa shape index (κ2) is 26.1. The van der Waals surface area contributed by atoms with Crippen LogP contribution < -0.4 is 0 Å². The van der Waals surface area contributed by atoms with Crippen LogP contribution in [0.15, 0.2) is 52.5 Å². The number of esters is 1. The summed E-state index contributed by atoms with van der Waals surface area (Å²) in [5.41, 5.74) is -0.450. The van der Waals surface area contributed by atoms with Gasteiger partial charge in [0, 0.05) is 69.5 Å². The number of likely N-dealkylation sites (N-methyl/N-ethyl adjacent to an activating group) is 1. The average Bonchev–Trinajstić information content (AvgIpc) is 3.90. The summed E-state index contributed by atoms with van der Waals surface area (Å²) in [7, 11) is 0.0639. The molecular formula is C58H92FN5O13S. The van der Waals surface area contributed by atoms with Crippen LogP contribution in [0.1, 0.15) is 145 Å². The zero-order valence-corrected chi connectivity index (χ0v) is 49.6. The lowest BCUT2D eigenvalue weighted by Crippen LogP contribution is -2.60. The molecule has 4 fully saturated rings. The first-order chi connectivity index (χ1) is 36.5. The van der Waals surface area contributed by atoms with E-state index in [1.807, 2.05) is 39.6 Å². The van der Waals surface area contributed by atoms with Crippen molar-refractivity contribution >= 4 is 27.4 Å². The molecule has 2 aromatic rings. The van der Waals surface area contributed by atoms with Crippen molar-refractivity contribution in [2.75, 3.05) is 33.6 Å². The van der Waals surface area contributed by atoms with E-state index in [0.29, 0.717) is 69.3 Å². The number of cyclic esters (lactones) is 1. The summed E-state index contributed by atoms with van der Waals surface area (Å²) in [4.78, 5) is 35.0. The molecule has 0 unspecified atom stereocenters. The molecule has 2 bridgehead atoms. The predicted octanol–water partition coefficient (Wildman–Crippen LogP) is 7.21. The molecule has 1 aromatic heterocycles. The summed E-state index contributed by atoms with van der Waals surface area (Å²) < 4.78 is 79.8. The molecule has 3 aliphatic heterocycles. The monoisotopic (exact) mass is 1120 g/mol. The summed E-state index contributed by atoms with van der Waals surface area (Å²) in [5.74, 6) is -3.85. The quantitative estimate of drug-likeness (QED) is 0.118. The zero-order valence-electron chi connectivity index (χ0n) is 48.8. The number of hydrogen-bond donors (Lipinski definition) is 3. The Labute approximate surface area is 463 Å². The van der Waals surface area contributed by atoms with Crippen molar-refractivity contribution in [3.63, 3.8) is 0 Å². The van der Waals surface area contributed by atoms with Crippen molar-refractivity contribution in [1.29, 1.82) is 0 Å². The second-order valence-corrected chi connectivity index (χ2v) is 26.3. The molecule has 1 aliphatic carbocycles. The van der Waals surface area contributed by atoms with Gasteiger partial charge in [-0.1, -0.05) is 64.1 Å². The standard InChI is InChI=1S/C58H92FN5O13S/c1-16-47-58(12,69)45-22-17-33(2)23-25-56(10,29-34(3)49(36(45)5)60-40(9)65)53(37(6)51(38(7)54(68)75-47)76-48-30-57(11,72-14)52(67)39(8)74-48)77-55-50(66)46(27-35(4)73-55)63(13)26-24-42-32-64(62-61-42)43(31-59)28-41-18-20-44(21-19-41)78(15,70)71/h18-21,32,34-39,43,45-48,50-53,55,66-67,69H,2,16-17,22-31H2,1,3-15H3/b60-49+/t34-,35-,36-,37+,38-,39+,43+,45-,46+,47-,48+,50-,51+,52+,53-,55+,56-,57-,58+/m1/s1. The maximum Gasteiger partial charge on any atom is 0.311 e. The number of aliphatic imine (C=N–C) groups is 1. The Hall–Kier alpha value is -3.57. The minimum absolute atomic E-state index is 0.127. The maximum atomic E-state index is 14.9. The fourth-order valence-corrected chi connectivity index (χ4v) is 13.8. The Bertz CT molecular complexity index is 2490. The van der Waals surface area contributed by atoms with Gasteiger partial charge < -0.3 is 48.6 Å². The van der Waals surface area contributed by atoms with Gasteiger partial charge in [-0.3, -0.25) is 9.59 Å². The molecule has 6 rings (SSSR count). The Kier molecular flexibility index (Phi) is 21.3. The van der Waals surface area contributed by atoms with Crippen LogP contribution >= 0.6 is 0 Å². The van der Waals surface area contributed by atoms with E-state index in [1.54, 1.807) is 46.0 Å². The van der Waals surface area contributed by atoms with Crippen molar-refractivity contribution in [1.82, 2.24) is 19.9 Å². The molecule has 78 heavy (non-hydrogen) atoms. The molecule has 1 aromatic carbocycles. The molecule has 3 saturated heterocycles. The summed E-state index contributed by atoms with van der Waals surface area (Å²) in [6, 6.07) is 5.26. The Morgan fingerprint density at radius 2 is 1.72 bits per heavy atom. The van der Waals surface area contributed by atoms with Gasteiger partial charge in [-0.05, 0) is 128 Å². The van der Waals surface area contributed by atoms with E-state index in [-0.39, 0.29) is 35.7 Å². The van der Waals surface area contributed by atoms with E-state index in [4.69, 9.17) is 33.4 Å². The van der Waals surface area contributed by atoms with Crippen molar-refractivity contribution in [3.05, 3.63) is 53.9 Å². The first-order valence-electron chi connectivity index (χ1n) is 28.1. The van der Waals surface area contributed by atoms with E-state index in [2.05, 4.69) is 30.7 Å². The molecule has 4 heterocycles. The smallest absolute Gasteiger partial charge is 0.311 e. The lowest BCUT2D eigenvalue weighted by molar-refractivity contribution is -0.314. The normalized spacial score (nSPS) is 38.8. The van der Waals surface area contributed by atoms with Crippen LogP contribution in [-0.2, 0) is 60.7 Å². The number of carbonyl (C=O) groups excluding carboxylic acids is 2. The van der Waals surface area contributed by atoms with Gasteiger partial charge in [0.25, 0.3) is 0 Å². The van der Waals surface area contributed by atoms with Crippen LogP contribution in [0, 0.1) is 35.0 Å². The number of aliphatic hydroxyl groups excluding tert-OH is 2. The van der Waals surface area contributed by atoms with Crippen LogP contribution in [0.5, 0.6) is 0 Å². The third kappa shape index (κ3) is 14.7. The van der Waals surface area contributed by atoms with Crippen molar-refractivity contribution in [3.8, 4) is 0 Å². The average molecular weight is 1120 g/mol. The van der Waals surface area contributed by atoms with Crippen molar-refractivity contribution in [2.45, 2.75) is 224 Å². The van der Waals surface area contributed by atoms with E-state index in [9.17, 15) is 37.7 Å². The molecule has 3 N–H and O–H groups in total. The largest absolute Gasteiger partial charge is 0.459 e. The molecular weight excluding hydrogens is 1030 g/mol. The van der Waals surface area contributed by atoms with Gasteiger partial charge in [-0.2, -0.15) is 0 Å². The number of alkyl halides is 1. The number of aromatic nitrogens is 3. The summed E-state index contributed by atoms with van der Waals surface area (Å²) in [5, 5.41) is 45.2. The van der Waals surface area contributed by atoms with Crippen molar-refractivity contribution in [2.24, 2.45) is 40.0 Å². The summed E-state index contributed by atoms with van der Waals surface area (Å²) in [6.07, 6.45) is -1.05. The lowest BCUT2D eigenvalue weighted by Gasteiger charge is -2.51. The van der Waals surface area contributed by atoms with Crippen molar-refractivity contribution < 1.29 is 66.1 Å². The van der Waals surface area contributed by atoms with E-state index >= 15 is 0 Å². The fraction of sp³-hybridized carbons (Fsp3) is 0.776. The third-order valence-corrected chi connectivity index (χ3v) is 19.1. The Morgan fingerprint density at radius 3 is 2.33 bits per heavy atom. The van der Waals surface area contributed by atoms with Crippen LogP contribution in [0.4, 0.5) is 4.39 Å². The molecule has 4 aliphatic rings. The number of allylic oxidation sites excluding steroid dienone is 1. The molecule has 20 heteroatoms. The summed E-state index contributed by atoms with van der Waals surface area (Å²) >= 11 is 0.